The van der Waals surface area contributed by atoms with Crippen LogP contribution < -0.4 is 9.47 Å². The van der Waals surface area contributed by atoms with Crippen LogP contribution in [0.25, 0.3) is 0 Å². The van der Waals surface area contributed by atoms with Gasteiger partial charge in [-0.1, -0.05) is 12.1 Å². The van der Waals surface area contributed by atoms with E-state index in [-0.39, 0.29) is 23.9 Å². The quantitative estimate of drug-likeness (QED) is 0.553. The fourth-order valence-corrected chi connectivity index (χ4v) is 5.34. The van der Waals surface area contributed by atoms with E-state index in [9.17, 15) is 13.2 Å². The van der Waals surface area contributed by atoms with Crippen LogP contribution in [0.3, 0.4) is 0 Å². The minimum Gasteiger partial charge on any atom is -0.486 e. The summed E-state index contributed by atoms with van der Waals surface area (Å²) in [6, 6.07) is 12.0. The monoisotopic (exact) mass is 469 g/mol. The van der Waals surface area contributed by atoms with E-state index in [4.69, 9.17) is 9.47 Å². The lowest BCUT2D eigenvalue weighted by Crippen LogP contribution is -2.50. The maximum atomic E-state index is 13.1. The van der Waals surface area contributed by atoms with Gasteiger partial charge in [-0.05, 0) is 29.8 Å². The molecule has 0 N–H and O–H groups in total. The zero-order chi connectivity index (χ0) is 22.8. The van der Waals surface area contributed by atoms with Gasteiger partial charge in [0.15, 0.2) is 11.5 Å². The average molecular weight is 470 g/mol. The van der Waals surface area contributed by atoms with Gasteiger partial charge < -0.3 is 14.4 Å². The van der Waals surface area contributed by atoms with Gasteiger partial charge in [-0.25, -0.2) is 18.1 Å². The molecule has 10 nitrogen and oxygen atoms in total. The Bertz CT molecular complexity index is 1240. The third-order valence-electron chi connectivity index (χ3n) is 5.69. The summed E-state index contributed by atoms with van der Waals surface area (Å²) in [6.45, 7) is 2.51. The van der Waals surface area contributed by atoms with Gasteiger partial charge in [-0.2, -0.15) is 9.40 Å². The van der Waals surface area contributed by atoms with Crippen molar-refractivity contribution in [3.63, 3.8) is 0 Å². The molecule has 1 amide bonds. The molecule has 0 saturated carbocycles. The van der Waals surface area contributed by atoms with E-state index in [2.05, 4.69) is 10.1 Å². The molecule has 0 radical (unpaired) electrons. The molecule has 0 atom stereocenters. The molecule has 3 heterocycles. The van der Waals surface area contributed by atoms with Gasteiger partial charge >= 0.3 is 0 Å². The number of sulfonamides is 1. The third kappa shape index (κ3) is 4.41. The van der Waals surface area contributed by atoms with Crippen molar-refractivity contribution in [3.8, 4) is 11.5 Å². The van der Waals surface area contributed by atoms with Crippen LogP contribution in [0.5, 0.6) is 11.5 Å². The second-order valence-corrected chi connectivity index (χ2v) is 9.73. The highest BCUT2D eigenvalue weighted by atomic mass is 32.2. The van der Waals surface area contributed by atoms with E-state index >= 15 is 0 Å². The number of benzene rings is 2. The van der Waals surface area contributed by atoms with Gasteiger partial charge in [0, 0.05) is 37.8 Å². The smallest absolute Gasteiger partial charge is 0.253 e. The molecule has 33 heavy (non-hydrogen) atoms. The summed E-state index contributed by atoms with van der Waals surface area (Å²) < 4.78 is 40.3. The molecule has 11 heteroatoms. The molecule has 1 fully saturated rings. The summed E-state index contributed by atoms with van der Waals surface area (Å²) in [5, 5.41) is 4.08. The molecule has 2 aliphatic rings. The molecular formula is C22H23N5O5S. The second-order valence-electron chi connectivity index (χ2n) is 7.79. The topological polar surface area (TPSA) is 107 Å². The van der Waals surface area contributed by atoms with E-state index in [1.807, 2.05) is 12.1 Å². The molecule has 3 aromatic rings. The maximum Gasteiger partial charge on any atom is 0.253 e. The van der Waals surface area contributed by atoms with E-state index in [1.54, 1.807) is 34.1 Å². The largest absolute Gasteiger partial charge is 0.486 e. The molecule has 0 aliphatic carbocycles. The molecule has 1 aromatic heterocycles. The van der Waals surface area contributed by atoms with Gasteiger partial charge in [-0.3, -0.25) is 4.79 Å². The summed E-state index contributed by atoms with van der Waals surface area (Å²) in [6.07, 6.45) is 3.11. The molecular weight excluding hydrogens is 446 g/mol. The van der Waals surface area contributed by atoms with E-state index < -0.39 is 10.0 Å². The lowest BCUT2D eigenvalue weighted by Gasteiger charge is -2.34. The number of aromatic nitrogens is 3. The number of amides is 1. The molecule has 172 valence electrons. The van der Waals surface area contributed by atoms with Crippen molar-refractivity contribution in [3.05, 3.63) is 66.2 Å². The number of hydrogen-bond acceptors (Lipinski definition) is 7. The summed E-state index contributed by atoms with van der Waals surface area (Å²) in [7, 11) is -3.69. The highest BCUT2D eigenvalue weighted by molar-refractivity contribution is 7.89. The molecule has 0 bridgehead atoms. The van der Waals surface area contributed by atoms with E-state index in [0.29, 0.717) is 49.9 Å². The van der Waals surface area contributed by atoms with Crippen LogP contribution in [0, 0.1) is 0 Å². The minimum atomic E-state index is -3.69. The maximum absolute atomic E-state index is 13.1. The fraction of sp³-hybridized carbons (Fsp3) is 0.318. The van der Waals surface area contributed by atoms with E-state index in [1.165, 1.54) is 22.8 Å². The van der Waals surface area contributed by atoms with Crippen molar-refractivity contribution in [2.24, 2.45) is 0 Å². The summed E-state index contributed by atoms with van der Waals surface area (Å²) in [4.78, 5) is 18.7. The Balaban J connectivity index is 1.22. The first-order chi connectivity index (χ1) is 16.0. The highest BCUT2D eigenvalue weighted by Crippen LogP contribution is 2.33. The number of hydrogen-bond donors (Lipinski definition) is 0. The van der Waals surface area contributed by atoms with Gasteiger partial charge in [0.25, 0.3) is 5.91 Å². The Morgan fingerprint density at radius 1 is 0.939 bits per heavy atom. The zero-order valence-electron chi connectivity index (χ0n) is 17.8. The highest BCUT2D eigenvalue weighted by Gasteiger charge is 2.31. The Morgan fingerprint density at radius 2 is 1.67 bits per heavy atom. The van der Waals surface area contributed by atoms with Crippen LogP contribution in [0.2, 0.25) is 0 Å². The van der Waals surface area contributed by atoms with Gasteiger partial charge in [0.05, 0.1) is 11.4 Å². The summed E-state index contributed by atoms with van der Waals surface area (Å²) in [5.41, 5.74) is 1.58. The molecule has 1 saturated heterocycles. The van der Waals surface area contributed by atoms with Crippen LogP contribution in [0.15, 0.2) is 60.0 Å². The molecule has 0 spiro atoms. The number of fused-ring (bicyclic) bond motifs is 1. The average Bonchev–Trinajstić information content (AvgIpc) is 3.37. The zero-order valence-corrected chi connectivity index (χ0v) is 18.6. The molecule has 2 aliphatic heterocycles. The lowest BCUT2D eigenvalue weighted by molar-refractivity contribution is 0.0698. The molecule has 5 rings (SSSR count). The first-order valence-corrected chi connectivity index (χ1v) is 12.1. The van der Waals surface area contributed by atoms with Gasteiger partial charge in [0.2, 0.25) is 10.0 Å². The van der Waals surface area contributed by atoms with Crippen molar-refractivity contribution in [2.75, 3.05) is 39.4 Å². The molecule has 0 unspecified atom stereocenters. The first kappa shape index (κ1) is 21.4. The Kier molecular flexibility index (Phi) is 5.73. The van der Waals surface area contributed by atoms with E-state index in [0.717, 1.165) is 5.56 Å². The number of carbonyl (C=O) groups excluding carboxylic acids is 1. The van der Waals surface area contributed by atoms with Crippen LogP contribution in [0.4, 0.5) is 0 Å². The van der Waals surface area contributed by atoms with Gasteiger partial charge in [-0.15, -0.1) is 0 Å². The summed E-state index contributed by atoms with van der Waals surface area (Å²) >= 11 is 0. The van der Waals surface area contributed by atoms with Crippen LogP contribution in [0.1, 0.15) is 15.9 Å². The first-order valence-electron chi connectivity index (χ1n) is 10.6. The van der Waals surface area contributed by atoms with Crippen molar-refractivity contribution >= 4 is 15.9 Å². The predicted molar refractivity (Wildman–Crippen MR) is 118 cm³/mol. The van der Waals surface area contributed by atoms with Crippen molar-refractivity contribution in [2.45, 2.75) is 11.4 Å². The minimum absolute atomic E-state index is 0.112. The summed E-state index contributed by atoms with van der Waals surface area (Å²) in [5.74, 6) is 0.866. The molecule has 2 aromatic carbocycles. The number of rotatable bonds is 5. The van der Waals surface area contributed by atoms with Crippen LogP contribution in [-0.4, -0.2) is 77.7 Å². The van der Waals surface area contributed by atoms with Crippen molar-refractivity contribution < 1.29 is 22.7 Å². The number of nitrogens with zero attached hydrogens (tertiary/aromatic N) is 5. The Morgan fingerprint density at radius 3 is 2.36 bits per heavy atom. The van der Waals surface area contributed by atoms with Crippen LogP contribution in [-0.2, 0) is 16.6 Å². The SMILES string of the molecule is O=C(c1ccc(Cn2cncn2)cc1)N1CCN(S(=O)(=O)c2ccc3c(c2)OCCO3)CC1. The second kappa shape index (κ2) is 8.83. The number of carbonyl (C=O) groups is 1. The Hall–Kier alpha value is -3.44. The van der Waals surface area contributed by atoms with Crippen molar-refractivity contribution in [1.29, 1.82) is 0 Å². The van der Waals surface area contributed by atoms with Crippen LogP contribution >= 0.6 is 0 Å². The Labute approximate surface area is 191 Å². The lowest BCUT2D eigenvalue weighted by atomic mass is 10.1. The van der Waals surface area contributed by atoms with Gasteiger partial charge in [0.1, 0.15) is 25.9 Å². The van der Waals surface area contributed by atoms with Crippen molar-refractivity contribution in [1.82, 2.24) is 24.0 Å². The fourth-order valence-electron chi connectivity index (χ4n) is 3.90. The normalized spacial score (nSPS) is 16.5. The standard InChI is InChI=1S/C22H23N5O5S/c28-22(18-3-1-17(2-4-18)14-26-16-23-15-24-26)25-7-9-27(10-8-25)33(29,30)19-5-6-20-21(13-19)32-12-11-31-20/h1-6,13,15-16H,7-12,14H2. The number of piperazine rings is 1. The third-order valence-corrected chi connectivity index (χ3v) is 7.58. The predicted octanol–water partition coefficient (Wildman–Crippen LogP) is 1.24. The number of ether oxygens (including phenoxy) is 2.